The molecule has 0 spiro atoms. The first-order chi connectivity index (χ1) is 20.3. The second-order valence-electron chi connectivity index (χ2n) is 11.5. The Morgan fingerprint density at radius 2 is 1.77 bits per heavy atom. The maximum absolute atomic E-state index is 14.3. The van der Waals surface area contributed by atoms with Gasteiger partial charge in [-0.1, -0.05) is 36.4 Å². The fourth-order valence-corrected chi connectivity index (χ4v) is 6.05. The molecule has 3 aromatic carbocycles. The van der Waals surface area contributed by atoms with Crippen LogP contribution in [0.25, 0.3) is 22.5 Å². The first-order valence-electron chi connectivity index (χ1n) is 13.9. The van der Waals surface area contributed by atoms with Gasteiger partial charge in [-0.25, -0.2) is 9.67 Å². The average Bonchev–Trinajstić information content (AvgIpc) is 3.64. The Morgan fingerprint density at radius 1 is 1.07 bits per heavy atom. The highest BCUT2D eigenvalue weighted by atomic mass is 19.4. The van der Waals surface area contributed by atoms with Gasteiger partial charge in [0.1, 0.15) is 23.2 Å². The third-order valence-electron chi connectivity index (χ3n) is 7.96. The molecule has 2 aliphatic rings. The number of benzene rings is 3. The highest BCUT2D eigenvalue weighted by Gasteiger charge is 2.38. The zero-order valence-electron chi connectivity index (χ0n) is 23.8. The van der Waals surface area contributed by atoms with Gasteiger partial charge in [-0.15, -0.1) is 0 Å². The molecule has 224 valence electrons. The number of aliphatic hydroxyl groups is 1. The molecule has 0 bridgehead atoms. The van der Waals surface area contributed by atoms with Crippen molar-refractivity contribution in [2.24, 2.45) is 7.05 Å². The minimum Gasteiger partial charge on any atom is -0.492 e. The van der Waals surface area contributed by atoms with Crippen LogP contribution < -0.4 is 9.47 Å². The molecular weight excluding hydrogens is 563 g/mol. The normalized spacial score (nSPS) is 17.8. The van der Waals surface area contributed by atoms with Crippen molar-refractivity contribution in [1.29, 1.82) is 0 Å². The number of rotatable bonds is 7. The van der Waals surface area contributed by atoms with Gasteiger partial charge in [0, 0.05) is 30.2 Å². The number of carboxylic acids is 1. The average molecular weight is 594 g/mol. The smallest absolute Gasteiger partial charge is 0.417 e. The Bertz CT molecular complexity index is 1710. The fourth-order valence-electron chi connectivity index (χ4n) is 6.05. The van der Waals surface area contributed by atoms with E-state index in [9.17, 15) is 23.1 Å². The van der Waals surface area contributed by atoms with Crippen molar-refractivity contribution in [3.63, 3.8) is 0 Å². The Kier molecular flexibility index (Phi) is 6.95. The van der Waals surface area contributed by atoms with E-state index in [0.29, 0.717) is 58.2 Å². The molecule has 1 aliphatic carbocycles. The molecule has 2 atom stereocenters. The van der Waals surface area contributed by atoms with E-state index < -0.39 is 29.4 Å². The number of carboxylic acid groups (broad SMARTS) is 1. The zero-order valence-corrected chi connectivity index (χ0v) is 23.8. The summed E-state index contributed by atoms with van der Waals surface area (Å²) < 4.78 is 56.2. The summed E-state index contributed by atoms with van der Waals surface area (Å²) in [6.07, 6.45) is -4.15. The van der Waals surface area contributed by atoms with Crippen molar-refractivity contribution < 1.29 is 37.7 Å². The Hall–Kier alpha value is -4.38. The van der Waals surface area contributed by atoms with Crippen LogP contribution in [0.5, 0.6) is 11.5 Å². The number of aryl methyl sites for hydroxylation is 1. The summed E-state index contributed by atoms with van der Waals surface area (Å²) in [4.78, 5) is 15.6. The third kappa shape index (κ3) is 5.45. The highest BCUT2D eigenvalue weighted by molar-refractivity contribution is 5.76. The van der Waals surface area contributed by atoms with Gasteiger partial charge in [0.2, 0.25) is 0 Å². The number of aromatic nitrogens is 3. The third-order valence-corrected chi connectivity index (χ3v) is 7.96. The maximum atomic E-state index is 14.3. The Morgan fingerprint density at radius 3 is 2.42 bits per heavy atom. The van der Waals surface area contributed by atoms with Crippen molar-refractivity contribution in [1.82, 2.24) is 14.8 Å². The van der Waals surface area contributed by atoms with Crippen molar-refractivity contribution in [3.8, 4) is 34.0 Å². The van der Waals surface area contributed by atoms with Crippen LogP contribution in [0.4, 0.5) is 13.2 Å². The summed E-state index contributed by atoms with van der Waals surface area (Å²) in [6, 6.07) is 14.5. The number of fused-ring (bicyclic) bond motifs is 2. The van der Waals surface area contributed by atoms with Gasteiger partial charge in [-0.3, -0.25) is 4.79 Å². The number of nitrogens with zero attached hydrogens (tertiary/aromatic N) is 3. The van der Waals surface area contributed by atoms with Crippen LogP contribution in [0.3, 0.4) is 0 Å². The van der Waals surface area contributed by atoms with E-state index in [1.54, 1.807) is 63.4 Å². The van der Waals surface area contributed by atoms with Crippen molar-refractivity contribution in [3.05, 3.63) is 82.7 Å². The van der Waals surface area contributed by atoms with E-state index in [1.807, 2.05) is 0 Å². The lowest BCUT2D eigenvalue weighted by molar-refractivity contribution is -0.138. The number of alkyl halides is 3. The zero-order chi connectivity index (χ0) is 30.7. The van der Waals surface area contributed by atoms with E-state index in [1.165, 1.54) is 10.7 Å². The predicted octanol–water partition coefficient (Wildman–Crippen LogP) is 6.41. The van der Waals surface area contributed by atoms with Gasteiger partial charge in [0.15, 0.2) is 11.6 Å². The van der Waals surface area contributed by atoms with E-state index in [-0.39, 0.29) is 24.5 Å². The van der Waals surface area contributed by atoms with Gasteiger partial charge < -0.3 is 19.7 Å². The minimum absolute atomic E-state index is 0.0330. The van der Waals surface area contributed by atoms with Crippen LogP contribution in [0.15, 0.2) is 54.6 Å². The summed E-state index contributed by atoms with van der Waals surface area (Å²) in [5.74, 6) is 0.662. The molecule has 0 radical (unpaired) electrons. The maximum Gasteiger partial charge on any atom is 0.417 e. The van der Waals surface area contributed by atoms with Crippen LogP contribution in [-0.4, -0.2) is 37.6 Å². The first-order valence-corrected chi connectivity index (χ1v) is 13.9. The number of ether oxygens (including phenoxy) is 2. The summed E-state index contributed by atoms with van der Waals surface area (Å²) in [5, 5.41) is 23.9. The lowest BCUT2D eigenvalue weighted by atomic mass is 9.91. The molecule has 0 saturated heterocycles. The number of aliphatic carboxylic acids is 1. The molecule has 1 aromatic heterocycles. The largest absolute Gasteiger partial charge is 0.492 e. The van der Waals surface area contributed by atoms with Gasteiger partial charge in [-0.2, -0.15) is 18.3 Å². The number of hydrogen-bond acceptors (Lipinski definition) is 6. The fraction of sp³-hybridized carbons (Fsp3) is 0.344. The van der Waals surface area contributed by atoms with Crippen LogP contribution in [0.1, 0.15) is 66.8 Å². The molecule has 8 nitrogen and oxygen atoms in total. The van der Waals surface area contributed by atoms with Gasteiger partial charge in [0.05, 0.1) is 18.6 Å². The molecule has 2 heterocycles. The SMILES string of the molecule is Cn1nc(-c2ccc(-c3c(C(F)(F)F)ccc4c3CC[C@H]4Oc3ccc4c(c3)OCC4CC(=O)O)cc2)nc1C(C)(C)O. The molecule has 6 rings (SSSR count). The molecule has 2 N–H and O–H groups in total. The van der Waals surface area contributed by atoms with Crippen molar-refractivity contribution >= 4 is 5.97 Å². The van der Waals surface area contributed by atoms with Gasteiger partial charge in [0.25, 0.3) is 0 Å². The monoisotopic (exact) mass is 593 g/mol. The molecule has 0 saturated carbocycles. The van der Waals surface area contributed by atoms with Gasteiger partial charge in [-0.05, 0) is 61.1 Å². The van der Waals surface area contributed by atoms with Crippen LogP contribution >= 0.6 is 0 Å². The molecular formula is C32H30F3N3O5. The standard InChI is InChI=1S/C32H30F3N3O5/c1-31(2,41)30-36-29(37-38(30)3)18-6-4-17(5-7-18)28-23-11-13-25(22(23)10-12-24(28)32(33,34)35)43-20-8-9-21-19(14-27(39)40)16-42-26(21)15-20/h4-10,12,15,19,25,41H,11,13-14,16H2,1-3H3,(H,39,40)/t19?,25-/m1/s1. The minimum atomic E-state index is -4.56. The van der Waals surface area contributed by atoms with E-state index in [4.69, 9.17) is 14.6 Å². The Balaban J connectivity index is 1.31. The van der Waals surface area contributed by atoms with Crippen LogP contribution in [0.2, 0.25) is 0 Å². The molecule has 43 heavy (non-hydrogen) atoms. The summed E-state index contributed by atoms with van der Waals surface area (Å²) in [6.45, 7) is 3.48. The van der Waals surface area contributed by atoms with E-state index in [2.05, 4.69) is 10.1 Å². The summed E-state index contributed by atoms with van der Waals surface area (Å²) in [5.41, 5.74) is 1.33. The van der Waals surface area contributed by atoms with Crippen molar-refractivity contribution in [2.75, 3.05) is 6.61 Å². The summed E-state index contributed by atoms with van der Waals surface area (Å²) >= 11 is 0. The van der Waals surface area contributed by atoms with Crippen molar-refractivity contribution in [2.45, 2.75) is 56.9 Å². The molecule has 0 fully saturated rings. The summed E-state index contributed by atoms with van der Waals surface area (Å²) in [7, 11) is 1.67. The number of carbonyl (C=O) groups is 1. The van der Waals surface area contributed by atoms with E-state index in [0.717, 1.165) is 11.6 Å². The lowest BCUT2D eigenvalue weighted by Crippen LogP contribution is -2.21. The molecule has 11 heteroatoms. The van der Waals surface area contributed by atoms with Crippen LogP contribution in [0, 0.1) is 0 Å². The second-order valence-corrected chi connectivity index (χ2v) is 11.5. The first kappa shape index (κ1) is 28.7. The molecule has 0 amide bonds. The number of hydrogen-bond donors (Lipinski definition) is 2. The lowest BCUT2D eigenvalue weighted by Gasteiger charge is -2.20. The topological polar surface area (TPSA) is 107 Å². The number of halogens is 3. The highest BCUT2D eigenvalue weighted by Crippen LogP contribution is 2.47. The molecule has 1 aliphatic heterocycles. The predicted molar refractivity (Wildman–Crippen MR) is 151 cm³/mol. The molecule has 1 unspecified atom stereocenters. The van der Waals surface area contributed by atoms with E-state index >= 15 is 0 Å². The van der Waals surface area contributed by atoms with Crippen LogP contribution in [-0.2, 0) is 30.0 Å². The van der Waals surface area contributed by atoms with Gasteiger partial charge >= 0.3 is 12.1 Å². The molecule has 4 aromatic rings. The quantitative estimate of drug-likeness (QED) is 0.255. The second kappa shape index (κ2) is 10.4. The Labute approximate surface area is 245 Å².